The van der Waals surface area contributed by atoms with Crippen molar-refractivity contribution in [3.8, 4) is 0 Å². The van der Waals surface area contributed by atoms with Gasteiger partial charge in [-0.25, -0.2) is 0 Å². The number of hydrogen-bond acceptors (Lipinski definition) is 3. The van der Waals surface area contributed by atoms with Gasteiger partial charge in [-0.1, -0.05) is 13.3 Å². The predicted octanol–water partition coefficient (Wildman–Crippen LogP) is 0.489. The molecular weight excluding hydrogens is 230 g/mol. The number of rotatable bonds is 5. The van der Waals surface area contributed by atoms with Crippen LogP contribution in [0.25, 0.3) is 0 Å². The number of piperidine rings is 1. The number of carbonyl (C=O) groups excluding carboxylic acids is 2. The molecule has 104 valence electrons. The highest BCUT2D eigenvalue weighted by Gasteiger charge is 2.25. The molecule has 2 unspecified atom stereocenters. The lowest BCUT2D eigenvalue weighted by Gasteiger charge is -2.33. The van der Waals surface area contributed by atoms with E-state index in [2.05, 4.69) is 12.2 Å². The molecule has 0 radical (unpaired) electrons. The first-order chi connectivity index (χ1) is 8.56. The molecule has 5 nitrogen and oxygen atoms in total. The van der Waals surface area contributed by atoms with E-state index in [0.717, 1.165) is 25.8 Å². The number of carbonyl (C=O) groups is 2. The molecule has 1 aliphatic rings. The van der Waals surface area contributed by atoms with Crippen LogP contribution in [0.1, 0.15) is 39.5 Å². The molecule has 1 fully saturated rings. The summed E-state index contributed by atoms with van der Waals surface area (Å²) in [6.07, 6.45) is 3.37. The van der Waals surface area contributed by atoms with Crippen molar-refractivity contribution in [2.45, 2.75) is 45.6 Å². The maximum absolute atomic E-state index is 12.1. The van der Waals surface area contributed by atoms with Crippen molar-refractivity contribution >= 4 is 11.8 Å². The van der Waals surface area contributed by atoms with Gasteiger partial charge in [0.15, 0.2) is 0 Å². The van der Waals surface area contributed by atoms with Gasteiger partial charge in [-0.15, -0.1) is 0 Å². The van der Waals surface area contributed by atoms with Gasteiger partial charge in [-0.2, -0.15) is 0 Å². The van der Waals surface area contributed by atoms with Crippen LogP contribution in [0.15, 0.2) is 0 Å². The minimum absolute atomic E-state index is 0.0253. The standard InChI is InChI=1S/C13H25N3O2/c1-3-11(8-14)7-13(18)16-6-4-5-12(9-16)15-10(2)17/h11-12H,3-9,14H2,1-2H3,(H,15,17). The molecule has 1 aliphatic heterocycles. The molecule has 0 spiro atoms. The number of nitrogens with two attached hydrogens (primary N) is 1. The average molecular weight is 255 g/mol. The minimum atomic E-state index is -0.0253. The fourth-order valence-corrected chi connectivity index (χ4v) is 2.38. The van der Waals surface area contributed by atoms with Crippen LogP contribution in [0.3, 0.4) is 0 Å². The summed E-state index contributed by atoms with van der Waals surface area (Å²) in [7, 11) is 0. The van der Waals surface area contributed by atoms with E-state index in [4.69, 9.17) is 5.73 Å². The van der Waals surface area contributed by atoms with E-state index in [1.807, 2.05) is 4.90 Å². The Hall–Kier alpha value is -1.10. The summed E-state index contributed by atoms with van der Waals surface area (Å²) in [6.45, 7) is 5.57. The summed E-state index contributed by atoms with van der Waals surface area (Å²) in [6, 6.07) is 0.109. The van der Waals surface area contributed by atoms with Crippen molar-refractivity contribution in [2.24, 2.45) is 11.7 Å². The molecule has 0 aliphatic carbocycles. The third-order valence-electron chi connectivity index (χ3n) is 3.56. The minimum Gasteiger partial charge on any atom is -0.352 e. The van der Waals surface area contributed by atoms with Gasteiger partial charge in [-0.05, 0) is 25.3 Å². The zero-order valence-electron chi connectivity index (χ0n) is 11.4. The van der Waals surface area contributed by atoms with Gasteiger partial charge in [0.25, 0.3) is 0 Å². The van der Waals surface area contributed by atoms with Crippen LogP contribution in [0.2, 0.25) is 0 Å². The van der Waals surface area contributed by atoms with Crippen LogP contribution >= 0.6 is 0 Å². The highest BCUT2D eigenvalue weighted by Crippen LogP contribution is 2.14. The van der Waals surface area contributed by atoms with Gasteiger partial charge in [0.05, 0.1) is 0 Å². The van der Waals surface area contributed by atoms with Crippen LogP contribution in [-0.4, -0.2) is 42.4 Å². The lowest BCUT2D eigenvalue weighted by molar-refractivity contribution is -0.134. The maximum Gasteiger partial charge on any atom is 0.222 e. The van der Waals surface area contributed by atoms with Crippen LogP contribution in [0.5, 0.6) is 0 Å². The number of amides is 2. The number of nitrogens with one attached hydrogen (secondary N) is 1. The Labute approximate surface area is 109 Å². The lowest BCUT2D eigenvalue weighted by atomic mass is 10.00. The molecule has 1 rings (SSSR count). The van der Waals surface area contributed by atoms with Gasteiger partial charge in [0, 0.05) is 32.5 Å². The van der Waals surface area contributed by atoms with Crippen molar-refractivity contribution in [3.05, 3.63) is 0 Å². The van der Waals surface area contributed by atoms with E-state index in [0.29, 0.717) is 19.5 Å². The van der Waals surface area contributed by atoms with Crippen molar-refractivity contribution in [1.29, 1.82) is 0 Å². The second kappa shape index (κ2) is 7.36. The Morgan fingerprint density at radius 1 is 1.50 bits per heavy atom. The number of likely N-dealkylation sites (tertiary alicyclic amines) is 1. The second-order valence-corrected chi connectivity index (χ2v) is 5.09. The van der Waals surface area contributed by atoms with Crippen LogP contribution in [0.4, 0.5) is 0 Å². The monoisotopic (exact) mass is 255 g/mol. The molecule has 1 saturated heterocycles. The van der Waals surface area contributed by atoms with Gasteiger partial charge in [0.2, 0.25) is 11.8 Å². The molecule has 2 atom stereocenters. The summed E-state index contributed by atoms with van der Waals surface area (Å²) >= 11 is 0. The SMILES string of the molecule is CCC(CN)CC(=O)N1CCCC(NC(C)=O)C1. The van der Waals surface area contributed by atoms with E-state index in [1.54, 1.807) is 0 Å². The topological polar surface area (TPSA) is 75.4 Å². The number of hydrogen-bond donors (Lipinski definition) is 2. The molecular formula is C13H25N3O2. The highest BCUT2D eigenvalue weighted by molar-refractivity contribution is 5.77. The summed E-state index contributed by atoms with van der Waals surface area (Å²) < 4.78 is 0. The van der Waals surface area contributed by atoms with Crippen LogP contribution in [0, 0.1) is 5.92 Å². The fraction of sp³-hybridized carbons (Fsp3) is 0.846. The Morgan fingerprint density at radius 3 is 2.78 bits per heavy atom. The first-order valence-corrected chi connectivity index (χ1v) is 6.81. The lowest BCUT2D eigenvalue weighted by Crippen LogP contribution is -2.49. The molecule has 1 heterocycles. The third-order valence-corrected chi connectivity index (χ3v) is 3.56. The maximum atomic E-state index is 12.1. The largest absolute Gasteiger partial charge is 0.352 e. The van der Waals surface area contributed by atoms with Crippen molar-refractivity contribution in [3.63, 3.8) is 0 Å². The molecule has 3 N–H and O–H groups in total. The molecule has 0 aromatic carbocycles. The molecule has 18 heavy (non-hydrogen) atoms. The smallest absolute Gasteiger partial charge is 0.222 e. The van der Waals surface area contributed by atoms with Crippen LogP contribution in [-0.2, 0) is 9.59 Å². The average Bonchev–Trinajstić information content (AvgIpc) is 2.35. The van der Waals surface area contributed by atoms with Crippen molar-refractivity contribution in [1.82, 2.24) is 10.2 Å². The normalized spacial score (nSPS) is 21.5. The molecule has 5 heteroatoms. The van der Waals surface area contributed by atoms with Crippen LogP contribution < -0.4 is 11.1 Å². The Bertz CT molecular complexity index is 290. The summed E-state index contributed by atoms with van der Waals surface area (Å²) in [5.74, 6) is 0.420. The van der Waals surface area contributed by atoms with E-state index in [-0.39, 0.29) is 23.8 Å². The first-order valence-electron chi connectivity index (χ1n) is 6.81. The third kappa shape index (κ3) is 4.64. The van der Waals surface area contributed by atoms with E-state index in [9.17, 15) is 9.59 Å². The molecule has 2 amide bonds. The van der Waals surface area contributed by atoms with Gasteiger partial charge >= 0.3 is 0 Å². The zero-order chi connectivity index (χ0) is 13.5. The Morgan fingerprint density at radius 2 is 2.22 bits per heavy atom. The zero-order valence-corrected chi connectivity index (χ0v) is 11.4. The van der Waals surface area contributed by atoms with Crippen molar-refractivity contribution in [2.75, 3.05) is 19.6 Å². The summed E-state index contributed by atoms with van der Waals surface area (Å²) in [4.78, 5) is 25.0. The summed E-state index contributed by atoms with van der Waals surface area (Å²) in [5.41, 5.74) is 5.63. The summed E-state index contributed by atoms with van der Waals surface area (Å²) in [5, 5.41) is 2.89. The molecule has 0 bridgehead atoms. The fourth-order valence-electron chi connectivity index (χ4n) is 2.38. The number of nitrogens with zero attached hydrogens (tertiary/aromatic N) is 1. The van der Waals surface area contributed by atoms with Gasteiger partial charge in [-0.3, -0.25) is 9.59 Å². The quantitative estimate of drug-likeness (QED) is 0.750. The van der Waals surface area contributed by atoms with E-state index < -0.39 is 0 Å². The van der Waals surface area contributed by atoms with Gasteiger partial charge in [0.1, 0.15) is 0 Å². The van der Waals surface area contributed by atoms with E-state index >= 15 is 0 Å². The van der Waals surface area contributed by atoms with E-state index in [1.165, 1.54) is 6.92 Å². The Kier molecular flexibility index (Phi) is 6.12. The molecule has 0 saturated carbocycles. The molecule has 0 aromatic rings. The highest BCUT2D eigenvalue weighted by atomic mass is 16.2. The first kappa shape index (κ1) is 15.0. The predicted molar refractivity (Wildman–Crippen MR) is 70.9 cm³/mol. The second-order valence-electron chi connectivity index (χ2n) is 5.09. The van der Waals surface area contributed by atoms with Crippen molar-refractivity contribution < 1.29 is 9.59 Å². The molecule has 0 aromatic heterocycles. The van der Waals surface area contributed by atoms with Gasteiger partial charge < -0.3 is 16.0 Å². The Balaban J connectivity index is 2.45.